The Morgan fingerprint density at radius 3 is 2.55 bits per heavy atom. The quantitative estimate of drug-likeness (QED) is 0.842. The molecule has 1 unspecified atom stereocenters. The average molecular weight is 300 g/mol. The van der Waals surface area contributed by atoms with E-state index in [0.717, 1.165) is 25.1 Å². The van der Waals surface area contributed by atoms with Gasteiger partial charge in [0, 0.05) is 30.6 Å². The molecule has 0 N–H and O–H groups in total. The summed E-state index contributed by atoms with van der Waals surface area (Å²) in [5, 5.41) is 0. The molecule has 1 aromatic rings. The van der Waals surface area contributed by atoms with Crippen molar-refractivity contribution in [2.24, 2.45) is 5.41 Å². The van der Waals surface area contributed by atoms with E-state index in [1.165, 1.54) is 25.8 Å². The number of amides is 1. The number of ether oxygens (including phenoxy) is 1. The number of carbonyl (C=O) groups is 1. The number of hydrogen-bond acceptors (Lipinski definition) is 3. The molecule has 4 rings (SSSR count). The molecule has 2 atom stereocenters. The van der Waals surface area contributed by atoms with Gasteiger partial charge in [-0.05, 0) is 38.3 Å². The first-order valence-electron chi connectivity index (χ1n) is 8.32. The van der Waals surface area contributed by atoms with Crippen molar-refractivity contribution in [1.82, 2.24) is 9.80 Å². The molecule has 1 aliphatic carbocycles. The molecule has 22 heavy (non-hydrogen) atoms. The van der Waals surface area contributed by atoms with Crippen molar-refractivity contribution in [3.05, 3.63) is 35.9 Å². The summed E-state index contributed by atoms with van der Waals surface area (Å²) < 4.78 is 5.49. The number of benzene rings is 1. The van der Waals surface area contributed by atoms with Gasteiger partial charge in [0.1, 0.15) is 6.61 Å². The fourth-order valence-corrected chi connectivity index (χ4v) is 4.78. The molecule has 4 heteroatoms. The Balaban J connectivity index is 1.36. The number of fused-ring (bicyclic) bond motifs is 1. The lowest BCUT2D eigenvalue weighted by Crippen LogP contribution is -2.73. The highest BCUT2D eigenvalue weighted by molar-refractivity contribution is 5.68. The van der Waals surface area contributed by atoms with Gasteiger partial charge in [-0.2, -0.15) is 0 Å². The van der Waals surface area contributed by atoms with Crippen LogP contribution in [0.3, 0.4) is 0 Å². The molecule has 0 aromatic heterocycles. The van der Waals surface area contributed by atoms with Gasteiger partial charge < -0.3 is 9.64 Å². The van der Waals surface area contributed by atoms with Crippen LogP contribution >= 0.6 is 0 Å². The number of nitrogens with zero attached hydrogens (tertiary/aromatic N) is 2. The average Bonchev–Trinajstić information content (AvgIpc) is 2.99. The molecule has 0 radical (unpaired) electrons. The fraction of sp³-hybridized carbons (Fsp3) is 0.611. The summed E-state index contributed by atoms with van der Waals surface area (Å²) in [6.07, 6.45) is 4.86. The van der Waals surface area contributed by atoms with Crippen LogP contribution in [0.25, 0.3) is 0 Å². The van der Waals surface area contributed by atoms with Crippen molar-refractivity contribution in [3.8, 4) is 0 Å². The zero-order valence-corrected chi connectivity index (χ0v) is 13.3. The minimum atomic E-state index is -0.148. The molecule has 118 valence electrons. The summed E-state index contributed by atoms with van der Waals surface area (Å²) in [4.78, 5) is 16.8. The Morgan fingerprint density at radius 2 is 1.95 bits per heavy atom. The van der Waals surface area contributed by atoms with Gasteiger partial charge in [-0.1, -0.05) is 30.3 Å². The highest BCUT2D eigenvalue weighted by atomic mass is 16.6. The van der Waals surface area contributed by atoms with E-state index in [2.05, 4.69) is 11.9 Å². The van der Waals surface area contributed by atoms with Crippen LogP contribution in [0, 0.1) is 5.41 Å². The highest BCUT2D eigenvalue weighted by Crippen LogP contribution is 2.63. The number of hydrogen-bond donors (Lipinski definition) is 0. The Morgan fingerprint density at radius 1 is 1.14 bits per heavy atom. The van der Waals surface area contributed by atoms with Crippen LogP contribution in [-0.4, -0.2) is 48.1 Å². The SMILES string of the molecule is CN1CCC12CC[C@@]21CCN(C(=O)OCc2ccccc2)C1. The highest BCUT2D eigenvalue weighted by Gasteiger charge is 2.66. The van der Waals surface area contributed by atoms with E-state index in [9.17, 15) is 4.79 Å². The molecule has 3 fully saturated rings. The molecular weight excluding hydrogens is 276 g/mol. The van der Waals surface area contributed by atoms with Gasteiger partial charge in [0.2, 0.25) is 0 Å². The first-order valence-corrected chi connectivity index (χ1v) is 8.32. The van der Waals surface area contributed by atoms with Gasteiger partial charge in [-0.15, -0.1) is 0 Å². The summed E-state index contributed by atoms with van der Waals surface area (Å²) in [6.45, 7) is 3.31. The fourth-order valence-electron chi connectivity index (χ4n) is 4.78. The zero-order chi connectivity index (χ0) is 15.2. The van der Waals surface area contributed by atoms with Crippen LogP contribution in [0.4, 0.5) is 4.79 Å². The second kappa shape index (κ2) is 4.98. The van der Waals surface area contributed by atoms with E-state index in [4.69, 9.17) is 4.74 Å². The lowest BCUT2D eigenvalue weighted by atomic mass is 9.49. The van der Waals surface area contributed by atoms with Crippen molar-refractivity contribution in [1.29, 1.82) is 0 Å². The maximum absolute atomic E-state index is 12.3. The second-order valence-electron chi connectivity index (χ2n) is 7.20. The van der Waals surface area contributed by atoms with Crippen molar-refractivity contribution < 1.29 is 9.53 Å². The standard InChI is InChI=1S/C18H24N2O2/c1-19-11-10-18(19)8-7-17(18)9-12-20(14-17)16(21)22-13-15-5-3-2-4-6-15/h2-6H,7-14H2,1H3/t17-,18?/m0/s1. The van der Waals surface area contributed by atoms with Gasteiger partial charge >= 0.3 is 6.09 Å². The maximum atomic E-state index is 12.3. The van der Waals surface area contributed by atoms with Gasteiger partial charge in [0.15, 0.2) is 0 Å². The van der Waals surface area contributed by atoms with Gasteiger partial charge in [0.25, 0.3) is 0 Å². The van der Waals surface area contributed by atoms with Crippen LogP contribution < -0.4 is 0 Å². The third-order valence-electron chi connectivity index (χ3n) is 6.41. The summed E-state index contributed by atoms with van der Waals surface area (Å²) in [7, 11) is 2.24. The van der Waals surface area contributed by atoms with Crippen molar-refractivity contribution in [3.63, 3.8) is 0 Å². The summed E-state index contributed by atoms with van der Waals surface area (Å²) in [5.74, 6) is 0. The Bertz CT molecular complexity index is 572. The molecule has 2 spiro atoms. The molecule has 2 heterocycles. The van der Waals surface area contributed by atoms with E-state index < -0.39 is 0 Å². The van der Waals surface area contributed by atoms with Gasteiger partial charge in [-0.25, -0.2) is 4.79 Å². The third kappa shape index (κ3) is 1.89. The topological polar surface area (TPSA) is 32.8 Å². The molecular formula is C18H24N2O2. The van der Waals surface area contributed by atoms with E-state index in [0.29, 0.717) is 17.6 Å². The predicted octanol–water partition coefficient (Wildman–Crippen LogP) is 2.88. The molecule has 2 aliphatic heterocycles. The smallest absolute Gasteiger partial charge is 0.410 e. The van der Waals surface area contributed by atoms with Crippen LogP contribution in [-0.2, 0) is 11.3 Å². The Kier molecular flexibility index (Phi) is 3.19. The number of rotatable bonds is 2. The maximum Gasteiger partial charge on any atom is 0.410 e. The molecule has 0 bridgehead atoms. The normalized spacial score (nSPS) is 33.8. The van der Waals surface area contributed by atoms with E-state index >= 15 is 0 Å². The Hall–Kier alpha value is -1.55. The van der Waals surface area contributed by atoms with Crippen LogP contribution in [0.1, 0.15) is 31.2 Å². The van der Waals surface area contributed by atoms with Crippen LogP contribution in [0.2, 0.25) is 0 Å². The molecule has 4 nitrogen and oxygen atoms in total. The molecule has 3 aliphatic rings. The van der Waals surface area contributed by atoms with Gasteiger partial charge in [0.05, 0.1) is 0 Å². The van der Waals surface area contributed by atoms with Crippen molar-refractivity contribution in [2.45, 2.75) is 37.8 Å². The van der Waals surface area contributed by atoms with Crippen molar-refractivity contribution >= 4 is 6.09 Å². The third-order valence-corrected chi connectivity index (χ3v) is 6.41. The first-order chi connectivity index (χ1) is 10.7. The number of carbonyl (C=O) groups excluding carboxylic acids is 1. The Labute approximate surface area is 132 Å². The molecule has 2 saturated heterocycles. The zero-order valence-electron chi connectivity index (χ0n) is 13.3. The summed E-state index contributed by atoms with van der Waals surface area (Å²) >= 11 is 0. The van der Waals surface area contributed by atoms with Crippen LogP contribution in [0.15, 0.2) is 30.3 Å². The minimum absolute atomic E-state index is 0.148. The monoisotopic (exact) mass is 300 g/mol. The summed E-state index contributed by atoms with van der Waals surface area (Å²) in [5.41, 5.74) is 1.77. The van der Waals surface area contributed by atoms with E-state index in [1.54, 1.807) is 0 Å². The van der Waals surface area contributed by atoms with Gasteiger partial charge in [-0.3, -0.25) is 4.90 Å². The minimum Gasteiger partial charge on any atom is -0.445 e. The lowest BCUT2D eigenvalue weighted by molar-refractivity contribution is -0.166. The van der Waals surface area contributed by atoms with E-state index in [-0.39, 0.29) is 6.09 Å². The molecule has 1 aromatic carbocycles. The van der Waals surface area contributed by atoms with E-state index in [1.807, 2.05) is 35.2 Å². The lowest BCUT2D eigenvalue weighted by Gasteiger charge is -2.68. The predicted molar refractivity (Wildman–Crippen MR) is 84.5 cm³/mol. The largest absolute Gasteiger partial charge is 0.445 e. The summed E-state index contributed by atoms with van der Waals surface area (Å²) in [6, 6.07) is 9.89. The second-order valence-corrected chi connectivity index (χ2v) is 7.20. The van der Waals surface area contributed by atoms with Crippen molar-refractivity contribution in [2.75, 3.05) is 26.7 Å². The first kappa shape index (κ1) is 14.1. The molecule has 1 amide bonds. The van der Waals surface area contributed by atoms with Crippen LogP contribution in [0.5, 0.6) is 0 Å². The number of likely N-dealkylation sites (tertiary alicyclic amines) is 2. The molecule has 1 saturated carbocycles.